The minimum Gasteiger partial charge on any atom is -0.349 e. The Morgan fingerprint density at radius 2 is 2.00 bits per heavy atom. The van der Waals surface area contributed by atoms with E-state index >= 15 is 0 Å². The summed E-state index contributed by atoms with van der Waals surface area (Å²) in [4.78, 5) is 12.1. The summed E-state index contributed by atoms with van der Waals surface area (Å²) >= 11 is 3.42. The van der Waals surface area contributed by atoms with Gasteiger partial charge in [-0.25, -0.2) is 0 Å². The third kappa shape index (κ3) is 2.56. The Balaban J connectivity index is 0.00000120. The average molecular weight is 332 g/mol. The summed E-state index contributed by atoms with van der Waals surface area (Å²) < 4.78 is 0.959. The van der Waals surface area contributed by atoms with Crippen LogP contribution in [0.25, 0.3) is 0 Å². The fourth-order valence-electron chi connectivity index (χ4n) is 2.73. The van der Waals surface area contributed by atoms with Crippen molar-refractivity contribution in [1.29, 1.82) is 0 Å². The van der Waals surface area contributed by atoms with E-state index in [9.17, 15) is 4.79 Å². The van der Waals surface area contributed by atoms with Crippen LogP contribution in [0.3, 0.4) is 0 Å². The zero-order valence-electron chi connectivity index (χ0n) is 10.1. The number of nitrogens with one attached hydrogen (secondary N) is 2. The second-order valence-electron chi connectivity index (χ2n) is 5.00. The van der Waals surface area contributed by atoms with Crippen LogP contribution in [0.15, 0.2) is 22.7 Å². The molecule has 1 saturated carbocycles. The van der Waals surface area contributed by atoms with E-state index in [1.54, 1.807) is 0 Å². The van der Waals surface area contributed by atoms with Crippen molar-refractivity contribution in [2.24, 2.45) is 11.8 Å². The molecule has 1 aromatic carbocycles. The van der Waals surface area contributed by atoms with E-state index in [0.29, 0.717) is 17.9 Å². The van der Waals surface area contributed by atoms with Crippen LogP contribution in [0.4, 0.5) is 0 Å². The fourth-order valence-corrected chi connectivity index (χ4v) is 3.34. The largest absolute Gasteiger partial charge is 0.349 e. The molecule has 2 N–H and O–H groups in total. The summed E-state index contributed by atoms with van der Waals surface area (Å²) in [5.41, 5.74) is 1.84. The van der Waals surface area contributed by atoms with Gasteiger partial charge in [0.25, 0.3) is 5.91 Å². The van der Waals surface area contributed by atoms with Crippen LogP contribution in [0, 0.1) is 18.8 Å². The van der Waals surface area contributed by atoms with Crippen molar-refractivity contribution < 1.29 is 4.79 Å². The van der Waals surface area contributed by atoms with Gasteiger partial charge in [-0.05, 0) is 42.5 Å². The van der Waals surface area contributed by atoms with Gasteiger partial charge in [0.1, 0.15) is 0 Å². The number of rotatable bonds is 2. The van der Waals surface area contributed by atoms with Crippen molar-refractivity contribution in [1.82, 2.24) is 10.6 Å². The first-order valence-corrected chi connectivity index (χ1v) is 6.73. The van der Waals surface area contributed by atoms with E-state index in [4.69, 9.17) is 0 Å². The van der Waals surface area contributed by atoms with Gasteiger partial charge in [0.15, 0.2) is 0 Å². The van der Waals surface area contributed by atoms with Gasteiger partial charge in [0, 0.05) is 29.2 Å². The molecule has 2 fully saturated rings. The van der Waals surface area contributed by atoms with Gasteiger partial charge >= 0.3 is 0 Å². The fraction of sp³-hybridized carbons (Fsp3) is 0.462. The molecular weight excluding hydrogens is 316 g/mol. The molecule has 3 rings (SSSR count). The predicted octanol–water partition coefficient (Wildman–Crippen LogP) is 2.13. The Morgan fingerprint density at radius 3 is 2.61 bits per heavy atom. The van der Waals surface area contributed by atoms with E-state index in [2.05, 4.69) is 26.6 Å². The Morgan fingerprint density at radius 1 is 1.33 bits per heavy atom. The van der Waals surface area contributed by atoms with Crippen molar-refractivity contribution in [3.05, 3.63) is 33.8 Å². The molecule has 3 nitrogen and oxygen atoms in total. The minimum absolute atomic E-state index is 0. The number of piperidine rings is 1. The van der Waals surface area contributed by atoms with Crippen LogP contribution >= 0.6 is 28.3 Å². The number of amides is 1. The van der Waals surface area contributed by atoms with Gasteiger partial charge in [-0.3, -0.25) is 4.79 Å². The summed E-state index contributed by atoms with van der Waals surface area (Å²) in [6.45, 7) is 4.09. The van der Waals surface area contributed by atoms with Gasteiger partial charge in [0.2, 0.25) is 0 Å². The smallest absolute Gasteiger partial charge is 0.251 e. The molecule has 1 aromatic rings. The Kier molecular flexibility index (Phi) is 3.99. The Hall–Kier alpha value is -0.580. The van der Waals surface area contributed by atoms with Crippen molar-refractivity contribution in [3.8, 4) is 0 Å². The molecule has 0 spiro atoms. The van der Waals surface area contributed by atoms with Crippen LogP contribution in [0.5, 0.6) is 0 Å². The number of carbonyl (C=O) groups is 1. The highest BCUT2D eigenvalue weighted by Crippen LogP contribution is 2.41. The van der Waals surface area contributed by atoms with E-state index in [-0.39, 0.29) is 18.3 Å². The number of halogens is 2. The molecule has 18 heavy (non-hydrogen) atoms. The lowest BCUT2D eigenvalue weighted by molar-refractivity contribution is 0.0946. The van der Waals surface area contributed by atoms with Gasteiger partial charge in [-0.2, -0.15) is 0 Å². The Bertz CT molecular complexity index is 450. The second-order valence-corrected chi connectivity index (χ2v) is 5.92. The van der Waals surface area contributed by atoms with E-state index in [0.717, 1.165) is 28.7 Å². The van der Waals surface area contributed by atoms with Gasteiger partial charge in [0.05, 0.1) is 0 Å². The lowest BCUT2D eigenvalue weighted by atomic mass is 10.1. The second kappa shape index (κ2) is 5.19. The summed E-state index contributed by atoms with van der Waals surface area (Å²) in [6, 6.07) is 6.20. The number of fused-ring (bicyclic) bond motifs is 1. The number of benzene rings is 1. The molecule has 2 unspecified atom stereocenters. The first-order chi connectivity index (χ1) is 8.15. The SMILES string of the molecule is Cc1cc(Br)cc(C(=O)NC2C3CNCC32)c1.Cl. The molecule has 1 aliphatic carbocycles. The third-order valence-corrected chi connectivity index (χ3v) is 4.15. The summed E-state index contributed by atoms with van der Waals surface area (Å²) in [6.07, 6.45) is 0. The average Bonchev–Trinajstić information content (AvgIpc) is 2.73. The molecule has 1 amide bonds. The minimum atomic E-state index is 0. The van der Waals surface area contributed by atoms with Crippen LogP contribution in [0.2, 0.25) is 0 Å². The molecule has 1 heterocycles. The lowest BCUT2D eigenvalue weighted by Crippen LogP contribution is -2.32. The van der Waals surface area contributed by atoms with E-state index in [1.165, 1.54) is 0 Å². The van der Waals surface area contributed by atoms with Crippen LogP contribution in [-0.2, 0) is 0 Å². The van der Waals surface area contributed by atoms with Gasteiger partial charge in [-0.15, -0.1) is 12.4 Å². The number of hydrogen-bond donors (Lipinski definition) is 2. The maximum absolute atomic E-state index is 12.1. The summed E-state index contributed by atoms with van der Waals surface area (Å²) in [5.74, 6) is 1.37. The van der Waals surface area contributed by atoms with E-state index in [1.807, 2.05) is 25.1 Å². The zero-order valence-corrected chi connectivity index (χ0v) is 12.5. The first kappa shape index (κ1) is 13.8. The van der Waals surface area contributed by atoms with Crippen molar-refractivity contribution in [2.75, 3.05) is 13.1 Å². The molecule has 98 valence electrons. The monoisotopic (exact) mass is 330 g/mol. The highest BCUT2D eigenvalue weighted by atomic mass is 79.9. The van der Waals surface area contributed by atoms with E-state index < -0.39 is 0 Å². The highest BCUT2D eigenvalue weighted by Gasteiger charge is 2.53. The predicted molar refractivity (Wildman–Crippen MR) is 77.2 cm³/mol. The standard InChI is InChI=1S/C13H15BrN2O.ClH/c1-7-2-8(4-9(14)3-7)13(17)16-12-10-5-15-6-11(10)12;/h2-4,10-12,15H,5-6H2,1H3,(H,16,17);1H. The molecule has 0 bridgehead atoms. The maximum Gasteiger partial charge on any atom is 0.251 e. The summed E-state index contributed by atoms with van der Waals surface area (Å²) in [5, 5.41) is 6.45. The molecule has 0 aromatic heterocycles. The highest BCUT2D eigenvalue weighted by molar-refractivity contribution is 9.10. The third-order valence-electron chi connectivity index (χ3n) is 3.69. The van der Waals surface area contributed by atoms with Crippen molar-refractivity contribution in [3.63, 3.8) is 0 Å². The normalized spacial score (nSPS) is 28.2. The molecule has 0 radical (unpaired) electrons. The summed E-state index contributed by atoms with van der Waals surface area (Å²) in [7, 11) is 0. The molecular formula is C13H16BrClN2O. The first-order valence-electron chi connectivity index (χ1n) is 5.94. The quantitative estimate of drug-likeness (QED) is 0.871. The van der Waals surface area contributed by atoms with Gasteiger partial charge in [-0.1, -0.05) is 15.9 Å². The Labute approximate surface area is 121 Å². The van der Waals surface area contributed by atoms with Crippen LogP contribution < -0.4 is 10.6 Å². The van der Waals surface area contributed by atoms with Crippen LogP contribution in [-0.4, -0.2) is 25.0 Å². The number of hydrogen-bond acceptors (Lipinski definition) is 2. The number of carbonyl (C=O) groups excluding carboxylic acids is 1. The molecule has 1 saturated heterocycles. The lowest BCUT2D eigenvalue weighted by Gasteiger charge is -2.08. The van der Waals surface area contributed by atoms with Crippen molar-refractivity contribution in [2.45, 2.75) is 13.0 Å². The zero-order chi connectivity index (χ0) is 12.0. The topological polar surface area (TPSA) is 41.1 Å². The molecule has 5 heteroatoms. The number of aryl methyl sites for hydroxylation is 1. The van der Waals surface area contributed by atoms with Crippen LogP contribution in [0.1, 0.15) is 15.9 Å². The molecule has 1 aliphatic heterocycles. The molecule has 2 atom stereocenters. The maximum atomic E-state index is 12.1. The van der Waals surface area contributed by atoms with Gasteiger partial charge < -0.3 is 10.6 Å². The van der Waals surface area contributed by atoms with Crippen molar-refractivity contribution >= 4 is 34.2 Å². The molecule has 2 aliphatic rings.